The van der Waals surface area contributed by atoms with Crippen LogP contribution in [0, 0.1) is 0 Å². The van der Waals surface area contributed by atoms with E-state index in [9.17, 15) is 4.79 Å². The van der Waals surface area contributed by atoms with E-state index in [1.807, 2.05) is 30.6 Å². The lowest BCUT2D eigenvalue weighted by molar-refractivity contribution is 0.0953. The molecule has 2 aromatic heterocycles. The van der Waals surface area contributed by atoms with Crippen molar-refractivity contribution in [3.8, 4) is 0 Å². The molecular weight excluding hydrogens is 274 g/mol. The van der Waals surface area contributed by atoms with Crippen molar-refractivity contribution >= 4 is 17.2 Å². The summed E-state index contributed by atoms with van der Waals surface area (Å²) in [4.78, 5) is 22.0. The molecule has 0 aliphatic rings. The third-order valence-corrected chi connectivity index (χ3v) is 3.67. The molecular formula is C13H17N5OS. The summed E-state index contributed by atoms with van der Waals surface area (Å²) in [7, 11) is 2.02. The summed E-state index contributed by atoms with van der Waals surface area (Å²) in [6, 6.07) is 5.91. The Morgan fingerprint density at radius 2 is 2.30 bits per heavy atom. The molecule has 7 heteroatoms. The lowest BCUT2D eigenvalue weighted by Crippen LogP contribution is -2.30. The quantitative estimate of drug-likeness (QED) is 0.467. The number of hydrazine groups is 1. The van der Waals surface area contributed by atoms with Gasteiger partial charge in [-0.25, -0.2) is 10.8 Å². The van der Waals surface area contributed by atoms with E-state index >= 15 is 0 Å². The van der Waals surface area contributed by atoms with Gasteiger partial charge in [-0.15, -0.1) is 11.3 Å². The lowest BCUT2D eigenvalue weighted by atomic mass is 10.2. The van der Waals surface area contributed by atoms with Gasteiger partial charge in [-0.2, -0.15) is 0 Å². The average Bonchev–Trinajstić information content (AvgIpc) is 2.94. The zero-order chi connectivity index (χ0) is 14.4. The van der Waals surface area contributed by atoms with Crippen LogP contribution < -0.4 is 11.3 Å². The Labute approximate surface area is 121 Å². The summed E-state index contributed by atoms with van der Waals surface area (Å²) in [5, 5.41) is 2.27. The van der Waals surface area contributed by atoms with Crippen molar-refractivity contribution < 1.29 is 4.79 Å². The number of rotatable bonds is 6. The Kier molecular flexibility index (Phi) is 5.16. The van der Waals surface area contributed by atoms with Crippen LogP contribution in [0.5, 0.6) is 0 Å². The minimum absolute atomic E-state index is 0.350. The van der Waals surface area contributed by atoms with Gasteiger partial charge in [-0.1, -0.05) is 6.07 Å². The van der Waals surface area contributed by atoms with Crippen molar-refractivity contribution in [1.82, 2.24) is 20.3 Å². The van der Waals surface area contributed by atoms with E-state index in [1.165, 1.54) is 11.3 Å². The normalized spacial score (nSPS) is 10.8. The molecule has 3 N–H and O–H groups in total. The SMILES string of the molecule is CN(CCc1ccccn1)Cc1csc(C(=O)NN)n1. The molecule has 0 radical (unpaired) electrons. The summed E-state index contributed by atoms with van der Waals surface area (Å²) < 4.78 is 0. The summed E-state index contributed by atoms with van der Waals surface area (Å²) >= 11 is 1.30. The smallest absolute Gasteiger partial charge is 0.294 e. The zero-order valence-electron chi connectivity index (χ0n) is 11.2. The van der Waals surface area contributed by atoms with E-state index in [4.69, 9.17) is 5.84 Å². The van der Waals surface area contributed by atoms with Crippen LogP contribution in [0.4, 0.5) is 0 Å². The molecule has 1 amide bonds. The number of aromatic nitrogens is 2. The van der Waals surface area contributed by atoms with Gasteiger partial charge in [-0.3, -0.25) is 15.2 Å². The van der Waals surface area contributed by atoms with Crippen LogP contribution in [-0.4, -0.2) is 34.4 Å². The fourth-order valence-corrected chi connectivity index (χ4v) is 2.46. The number of nitrogens with zero attached hydrogens (tertiary/aromatic N) is 3. The molecule has 106 valence electrons. The molecule has 0 aliphatic carbocycles. The van der Waals surface area contributed by atoms with Crippen LogP contribution in [0.2, 0.25) is 0 Å². The number of carbonyl (C=O) groups excluding carboxylic acids is 1. The van der Waals surface area contributed by atoms with E-state index in [-0.39, 0.29) is 5.91 Å². The molecule has 0 atom stereocenters. The van der Waals surface area contributed by atoms with Crippen molar-refractivity contribution in [3.05, 3.63) is 46.2 Å². The fourth-order valence-electron chi connectivity index (χ4n) is 1.75. The highest BCUT2D eigenvalue weighted by Gasteiger charge is 2.10. The fraction of sp³-hybridized carbons (Fsp3) is 0.308. The summed E-state index contributed by atoms with van der Waals surface area (Å²) in [5.74, 6) is 4.73. The first-order valence-corrected chi connectivity index (χ1v) is 7.11. The number of nitrogens with two attached hydrogens (primary N) is 1. The summed E-state index contributed by atoms with van der Waals surface area (Å²) in [6.07, 6.45) is 2.69. The maximum Gasteiger partial charge on any atom is 0.294 e. The maximum absolute atomic E-state index is 11.3. The molecule has 0 saturated carbocycles. The molecule has 0 fully saturated rings. The topological polar surface area (TPSA) is 84.1 Å². The molecule has 2 rings (SSSR count). The third-order valence-electron chi connectivity index (χ3n) is 2.78. The minimum atomic E-state index is -0.350. The predicted octanol–water partition coefficient (Wildman–Crippen LogP) is 0.816. The number of nitrogen functional groups attached to an aromatic ring is 1. The van der Waals surface area contributed by atoms with Crippen LogP contribution in [0.1, 0.15) is 21.2 Å². The van der Waals surface area contributed by atoms with Crippen molar-refractivity contribution in [2.45, 2.75) is 13.0 Å². The second kappa shape index (κ2) is 7.09. The molecule has 0 bridgehead atoms. The van der Waals surface area contributed by atoms with E-state index in [0.717, 1.165) is 24.4 Å². The van der Waals surface area contributed by atoms with Crippen molar-refractivity contribution in [2.24, 2.45) is 5.84 Å². The van der Waals surface area contributed by atoms with Gasteiger partial charge in [-0.05, 0) is 19.2 Å². The number of carbonyl (C=O) groups is 1. The average molecular weight is 291 g/mol. The van der Waals surface area contributed by atoms with Crippen LogP contribution in [0.15, 0.2) is 29.8 Å². The molecule has 6 nitrogen and oxygen atoms in total. The van der Waals surface area contributed by atoms with Crippen LogP contribution >= 0.6 is 11.3 Å². The standard InChI is InChI=1S/C13H17N5OS/c1-18(7-5-10-4-2-3-6-15-10)8-11-9-20-13(16-11)12(19)17-14/h2-4,6,9H,5,7-8,14H2,1H3,(H,17,19). The van der Waals surface area contributed by atoms with E-state index in [1.54, 1.807) is 6.20 Å². The second-order valence-corrected chi connectivity index (χ2v) is 5.28. The van der Waals surface area contributed by atoms with E-state index in [0.29, 0.717) is 11.6 Å². The molecule has 20 heavy (non-hydrogen) atoms. The van der Waals surface area contributed by atoms with Gasteiger partial charge in [0.1, 0.15) is 0 Å². The number of hydrogen-bond acceptors (Lipinski definition) is 6. The number of thiazole rings is 1. The molecule has 2 heterocycles. The first kappa shape index (κ1) is 14.6. The Morgan fingerprint density at radius 3 is 3.00 bits per heavy atom. The highest BCUT2D eigenvalue weighted by atomic mass is 32.1. The highest BCUT2D eigenvalue weighted by molar-refractivity contribution is 7.11. The maximum atomic E-state index is 11.3. The number of hydrogen-bond donors (Lipinski definition) is 2. The Bertz CT molecular complexity index is 557. The number of amides is 1. The van der Waals surface area contributed by atoms with Crippen LogP contribution in [0.25, 0.3) is 0 Å². The van der Waals surface area contributed by atoms with Gasteiger partial charge in [0.15, 0.2) is 5.01 Å². The van der Waals surface area contributed by atoms with Gasteiger partial charge < -0.3 is 4.90 Å². The molecule has 0 aliphatic heterocycles. The first-order chi connectivity index (χ1) is 9.69. The van der Waals surface area contributed by atoms with Crippen molar-refractivity contribution in [1.29, 1.82) is 0 Å². The highest BCUT2D eigenvalue weighted by Crippen LogP contribution is 2.11. The van der Waals surface area contributed by atoms with Gasteiger partial charge in [0, 0.05) is 36.8 Å². The predicted molar refractivity (Wildman–Crippen MR) is 78.0 cm³/mol. The lowest BCUT2D eigenvalue weighted by Gasteiger charge is -2.14. The second-order valence-electron chi connectivity index (χ2n) is 4.43. The molecule has 0 spiro atoms. The van der Waals surface area contributed by atoms with Crippen LogP contribution in [0.3, 0.4) is 0 Å². The van der Waals surface area contributed by atoms with Gasteiger partial charge in [0.25, 0.3) is 5.91 Å². The van der Waals surface area contributed by atoms with E-state index < -0.39 is 0 Å². The Balaban J connectivity index is 1.83. The van der Waals surface area contributed by atoms with Crippen molar-refractivity contribution in [2.75, 3.05) is 13.6 Å². The monoisotopic (exact) mass is 291 g/mol. The zero-order valence-corrected chi connectivity index (χ0v) is 12.1. The molecule has 0 aromatic carbocycles. The summed E-state index contributed by atoms with van der Waals surface area (Å²) in [5.41, 5.74) is 4.02. The first-order valence-electron chi connectivity index (χ1n) is 6.23. The molecule has 0 unspecified atom stereocenters. The number of nitrogens with one attached hydrogen (secondary N) is 1. The van der Waals surface area contributed by atoms with Gasteiger partial charge >= 0.3 is 0 Å². The molecule has 2 aromatic rings. The Hall–Kier alpha value is -1.83. The van der Waals surface area contributed by atoms with Crippen molar-refractivity contribution in [3.63, 3.8) is 0 Å². The Morgan fingerprint density at radius 1 is 1.45 bits per heavy atom. The summed E-state index contributed by atoms with van der Waals surface area (Å²) in [6.45, 7) is 1.58. The minimum Gasteiger partial charge on any atom is -0.300 e. The number of likely N-dealkylation sites (N-methyl/N-ethyl adjacent to an activating group) is 1. The van der Waals surface area contributed by atoms with Gasteiger partial charge in [0.2, 0.25) is 0 Å². The molecule has 0 saturated heterocycles. The van der Waals surface area contributed by atoms with E-state index in [2.05, 4.69) is 20.3 Å². The third kappa shape index (κ3) is 4.09. The van der Waals surface area contributed by atoms with Crippen LogP contribution in [-0.2, 0) is 13.0 Å². The largest absolute Gasteiger partial charge is 0.300 e. The van der Waals surface area contributed by atoms with Gasteiger partial charge in [0.05, 0.1) is 5.69 Å². The number of pyridine rings is 1.